The predicted molar refractivity (Wildman–Crippen MR) is 59.0 cm³/mol. The molecule has 2 unspecified atom stereocenters. The minimum atomic E-state index is -0.150. The number of aliphatic hydroxyl groups is 1. The van der Waals surface area contributed by atoms with Crippen molar-refractivity contribution in [1.29, 1.82) is 0 Å². The molecule has 0 radical (unpaired) electrons. The molecule has 1 amide bonds. The summed E-state index contributed by atoms with van der Waals surface area (Å²) in [7, 11) is 0. The van der Waals surface area contributed by atoms with Crippen molar-refractivity contribution in [2.75, 3.05) is 39.5 Å². The van der Waals surface area contributed by atoms with Crippen molar-refractivity contribution in [3.8, 4) is 0 Å². The molecule has 92 valence electrons. The minimum Gasteiger partial charge on any atom is -0.394 e. The topological polar surface area (TPSA) is 61.8 Å². The standard InChI is InChI=1S/C11H20N2O3/c14-6-10-7-16-8-11(15)13(10)5-9-2-1-3-12-4-9/h9-10,12,14H,1-8H2. The van der Waals surface area contributed by atoms with E-state index in [2.05, 4.69) is 5.32 Å². The Kier molecular flexibility index (Phi) is 4.15. The van der Waals surface area contributed by atoms with Crippen molar-refractivity contribution < 1.29 is 14.6 Å². The van der Waals surface area contributed by atoms with E-state index >= 15 is 0 Å². The molecule has 2 fully saturated rings. The fourth-order valence-corrected chi connectivity index (χ4v) is 2.42. The molecule has 0 aromatic rings. The van der Waals surface area contributed by atoms with Crippen LogP contribution < -0.4 is 5.32 Å². The van der Waals surface area contributed by atoms with E-state index in [1.165, 1.54) is 6.42 Å². The number of nitrogens with one attached hydrogen (secondary N) is 1. The molecule has 2 heterocycles. The number of hydrogen-bond acceptors (Lipinski definition) is 4. The van der Waals surface area contributed by atoms with Crippen molar-refractivity contribution in [2.45, 2.75) is 18.9 Å². The lowest BCUT2D eigenvalue weighted by Gasteiger charge is -2.37. The lowest BCUT2D eigenvalue weighted by molar-refractivity contribution is -0.151. The maximum atomic E-state index is 11.7. The van der Waals surface area contributed by atoms with Gasteiger partial charge in [0.15, 0.2) is 0 Å². The lowest BCUT2D eigenvalue weighted by atomic mass is 9.98. The van der Waals surface area contributed by atoms with Crippen molar-refractivity contribution in [2.24, 2.45) is 5.92 Å². The Bertz CT molecular complexity index is 241. The van der Waals surface area contributed by atoms with E-state index in [1.807, 2.05) is 0 Å². The van der Waals surface area contributed by atoms with Gasteiger partial charge in [-0.05, 0) is 31.8 Å². The smallest absolute Gasteiger partial charge is 0.248 e. The molecule has 0 saturated carbocycles. The van der Waals surface area contributed by atoms with E-state index in [0.717, 1.165) is 26.1 Å². The van der Waals surface area contributed by atoms with Crippen LogP contribution in [0, 0.1) is 5.92 Å². The molecule has 2 N–H and O–H groups in total. The van der Waals surface area contributed by atoms with E-state index in [0.29, 0.717) is 12.5 Å². The van der Waals surface area contributed by atoms with Crippen molar-refractivity contribution in [3.63, 3.8) is 0 Å². The number of piperidine rings is 1. The second-order valence-corrected chi connectivity index (χ2v) is 4.61. The molecule has 0 spiro atoms. The highest BCUT2D eigenvalue weighted by Crippen LogP contribution is 2.16. The molecule has 5 nitrogen and oxygen atoms in total. The van der Waals surface area contributed by atoms with E-state index in [9.17, 15) is 9.90 Å². The van der Waals surface area contributed by atoms with Gasteiger partial charge in [0.1, 0.15) is 6.61 Å². The monoisotopic (exact) mass is 228 g/mol. The first-order valence-electron chi connectivity index (χ1n) is 6.00. The highest BCUT2D eigenvalue weighted by molar-refractivity contribution is 5.78. The van der Waals surface area contributed by atoms with Gasteiger partial charge in [0.05, 0.1) is 19.3 Å². The number of amides is 1. The number of ether oxygens (including phenoxy) is 1. The van der Waals surface area contributed by atoms with Crippen LogP contribution in [0.25, 0.3) is 0 Å². The molecule has 0 bridgehead atoms. The number of aliphatic hydroxyl groups excluding tert-OH is 1. The third-order valence-electron chi connectivity index (χ3n) is 3.36. The second kappa shape index (κ2) is 5.61. The van der Waals surface area contributed by atoms with Gasteiger partial charge in [-0.2, -0.15) is 0 Å². The van der Waals surface area contributed by atoms with Crippen LogP contribution in [0.2, 0.25) is 0 Å². The van der Waals surface area contributed by atoms with E-state index in [1.54, 1.807) is 4.90 Å². The molecular formula is C11H20N2O3. The summed E-state index contributed by atoms with van der Waals surface area (Å²) in [4.78, 5) is 13.5. The Morgan fingerprint density at radius 3 is 3.12 bits per heavy atom. The summed E-state index contributed by atoms with van der Waals surface area (Å²) in [6.07, 6.45) is 2.34. The van der Waals surface area contributed by atoms with Gasteiger partial charge in [0.2, 0.25) is 5.91 Å². The third kappa shape index (κ3) is 2.72. The average Bonchev–Trinajstić information content (AvgIpc) is 2.33. The molecule has 0 aromatic carbocycles. The third-order valence-corrected chi connectivity index (χ3v) is 3.36. The summed E-state index contributed by atoms with van der Waals surface area (Å²) >= 11 is 0. The van der Waals surface area contributed by atoms with Gasteiger partial charge < -0.3 is 20.1 Å². The molecule has 2 aliphatic heterocycles. The SMILES string of the molecule is O=C1COCC(CO)N1CC1CCCNC1. The maximum Gasteiger partial charge on any atom is 0.248 e. The number of hydrogen-bond donors (Lipinski definition) is 2. The van der Waals surface area contributed by atoms with Crippen LogP contribution in [0.4, 0.5) is 0 Å². The van der Waals surface area contributed by atoms with Gasteiger partial charge in [-0.15, -0.1) is 0 Å². The molecule has 5 heteroatoms. The van der Waals surface area contributed by atoms with Crippen LogP contribution in [0.1, 0.15) is 12.8 Å². The summed E-state index contributed by atoms with van der Waals surface area (Å²) in [6.45, 7) is 3.42. The van der Waals surface area contributed by atoms with Crippen LogP contribution in [0.5, 0.6) is 0 Å². The fraction of sp³-hybridized carbons (Fsp3) is 0.909. The zero-order valence-corrected chi connectivity index (χ0v) is 9.52. The van der Waals surface area contributed by atoms with E-state index in [-0.39, 0.29) is 25.2 Å². The number of morpholine rings is 1. The first-order valence-corrected chi connectivity index (χ1v) is 6.00. The van der Waals surface area contributed by atoms with Gasteiger partial charge in [-0.25, -0.2) is 0 Å². The summed E-state index contributed by atoms with van der Waals surface area (Å²) < 4.78 is 5.14. The fourth-order valence-electron chi connectivity index (χ4n) is 2.42. The zero-order chi connectivity index (χ0) is 11.4. The van der Waals surface area contributed by atoms with Crippen LogP contribution in [0.15, 0.2) is 0 Å². The molecule has 2 saturated heterocycles. The number of carbonyl (C=O) groups is 1. The van der Waals surface area contributed by atoms with Gasteiger partial charge in [0, 0.05) is 6.54 Å². The van der Waals surface area contributed by atoms with E-state index < -0.39 is 0 Å². The normalized spacial score (nSPS) is 31.8. The van der Waals surface area contributed by atoms with Crippen LogP contribution in [-0.4, -0.2) is 61.4 Å². The highest BCUT2D eigenvalue weighted by atomic mass is 16.5. The largest absolute Gasteiger partial charge is 0.394 e. The van der Waals surface area contributed by atoms with Gasteiger partial charge >= 0.3 is 0 Å². The Hall–Kier alpha value is -0.650. The van der Waals surface area contributed by atoms with Crippen molar-refractivity contribution in [3.05, 3.63) is 0 Å². The summed E-state index contributed by atoms with van der Waals surface area (Å²) in [5.41, 5.74) is 0. The molecule has 2 atom stereocenters. The number of nitrogens with zero attached hydrogens (tertiary/aromatic N) is 1. The van der Waals surface area contributed by atoms with Crippen molar-refractivity contribution >= 4 is 5.91 Å². The van der Waals surface area contributed by atoms with Crippen LogP contribution in [0.3, 0.4) is 0 Å². The summed E-state index contributed by atoms with van der Waals surface area (Å²) in [5.74, 6) is 0.528. The molecule has 2 aliphatic rings. The lowest BCUT2D eigenvalue weighted by Crippen LogP contribution is -2.53. The number of carbonyl (C=O) groups excluding carboxylic acids is 1. The van der Waals surface area contributed by atoms with Gasteiger partial charge in [-0.3, -0.25) is 4.79 Å². The second-order valence-electron chi connectivity index (χ2n) is 4.61. The van der Waals surface area contributed by atoms with E-state index in [4.69, 9.17) is 4.74 Å². The Morgan fingerprint density at radius 2 is 2.44 bits per heavy atom. The molecule has 2 rings (SSSR count). The van der Waals surface area contributed by atoms with Crippen LogP contribution >= 0.6 is 0 Å². The predicted octanol–water partition coefficient (Wildman–Crippen LogP) is -0.794. The highest BCUT2D eigenvalue weighted by Gasteiger charge is 2.30. The van der Waals surface area contributed by atoms with Gasteiger partial charge in [-0.1, -0.05) is 0 Å². The minimum absolute atomic E-state index is 0.00805. The first-order chi connectivity index (χ1) is 7.81. The Balaban J connectivity index is 1.91. The maximum absolute atomic E-state index is 11.7. The quantitative estimate of drug-likeness (QED) is 0.664. The molecule has 0 aromatic heterocycles. The zero-order valence-electron chi connectivity index (χ0n) is 9.52. The molecular weight excluding hydrogens is 208 g/mol. The average molecular weight is 228 g/mol. The Labute approximate surface area is 95.8 Å². The molecule has 0 aliphatic carbocycles. The van der Waals surface area contributed by atoms with Gasteiger partial charge in [0.25, 0.3) is 0 Å². The van der Waals surface area contributed by atoms with Crippen LogP contribution in [-0.2, 0) is 9.53 Å². The summed E-state index contributed by atoms with van der Waals surface area (Å²) in [6, 6.07) is -0.150. The van der Waals surface area contributed by atoms with Crippen molar-refractivity contribution in [1.82, 2.24) is 10.2 Å². The first kappa shape index (κ1) is 11.8. The molecule has 16 heavy (non-hydrogen) atoms. The number of rotatable bonds is 3. The summed E-state index contributed by atoms with van der Waals surface area (Å²) in [5, 5.41) is 12.6. The Morgan fingerprint density at radius 1 is 1.56 bits per heavy atom.